The Morgan fingerprint density at radius 2 is 2.11 bits per heavy atom. The number of nitrogens with zero attached hydrogens (tertiary/aromatic N) is 1. The molecule has 1 aliphatic rings. The monoisotopic (exact) mass is 283 g/mol. The summed E-state index contributed by atoms with van der Waals surface area (Å²) in [6.45, 7) is 1.61. The van der Waals surface area contributed by atoms with Gasteiger partial charge in [0.1, 0.15) is 10.6 Å². The topological polar surface area (TPSA) is 105 Å². The number of hydrogen-bond donors (Lipinski definition) is 3. The van der Waals surface area contributed by atoms with Gasteiger partial charge in [0.05, 0.1) is 11.6 Å². The average Bonchev–Trinajstić information content (AvgIpc) is 2.70. The number of carbonyl (C=O) groups is 2. The second-order valence-corrected chi connectivity index (χ2v) is 5.59. The first kappa shape index (κ1) is 14.0. The summed E-state index contributed by atoms with van der Waals surface area (Å²) >= 11 is 0.994. The molecule has 1 aliphatic carbocycles. The van der Waals surface area contributed by atoms with Crippen LogP contribution in [0, 0.1) is 12.8 Å². The highest BCUT2D eigenvalue weighted by atomic mass is 32.1. The summed E-state index contributed by atoms with van der Waals surface area (Å²) in [5.74, 6) is -1.51. The summed E-state index contributed by atoms with van der Waals surface area (Å²) < 4.78 is 3.97. The zero-order valence-corrected chi connectivity index (χ0v) is 11.5. The lowest BCUT2D eigenvalue weighted by molar-refractivity contribution is -0.121. The number of anilines is 1. The third kappa shape index (κ3) is 2.93. The first-order valence-corrected chi connectivity index (χ1v) is 7.04. The summed E-state index contributed by atoms with van der Waals surface area (Å²) in [5.41, 5.74) is 6.44. The predicted octanol–water partition coefficient (Wildman–Crippen LogP) is 1.61. The summed E-state index contributed by atoms with van der Waals surface area (Å²) in [7, 11) is 0. The van der Waals surface area contributed by atoms with Gasteiger partial charge in [-0.25, -0.2) is 4.79 Å². The van der Waals surface area contributed by atoms with Crippen LogP contribution in [0.5, 0.6) is 0 Å². The molecule has 7 heteroatoms. The maximum absolute atomic E-state index is 12.2. The molecule has 0 spiro atoms. The van der Waals surface area contributed by atoms with Gasteiger partial charge in [-0.3, -0.25) is 4.79 Å². The van der Waals surface area contributed by atoms with E-state index in [1.165, 1.54) is 0 Å². The summed E-state index contributed by atoms with van der Waals surface area (Å²) in [5, 5.41) is 12.1. The van der Waals surface area contributed by atoms with Crippen molar-refractivity contribution in [3.05, 3.63) is 11.3 Å². The lowest BCUT2D eigenvalue weighted by Crippen LogP contribution is -2.40. The Morgan fingerprint density at radius 3 is 2.74 bits per heavy atom. The normalized spacial score (nSPS) is 23.1. The molecule has 0 aromatic carbocycles. The molecule has 1 saturated carbocycles. The molecule has 2 unspecified atom stereocenters. The predicted molar refractivity (Wildman–Crippen MR) is 72.4 cm³/mol. The van der Waals surface area contributed by atoms with Crippen molar-refractivity contribution >= 4 is 28.4 Å². The summed E-state index contributed by atoms with van der Waals surface area (Å²) in [6, 6.07) is -0.143. The Balaban J connectivity index is 2.12. The van der Waals surface area contributed by atoms with Crippen LogP contribution in [0.4, 0.5) is 5.00 Å². The number of carboxylic acids is 1. The Hall–Kier alpha value is -1.47. The van der Waals surface area contributed by atoms with Crippen LogP contribution < -0.4 is 11.1 Å². The minimum absolute atomic E-state index is 0.0720. The number of nitrogens with two attached hydrogens (primary N) is 1. The van der Waals surface area contributed by atoms with Crippen LogP contribution in [-0.4, -0.2) is 27.4 Å². The zero-order chi connectivity index (χ0) is 14.0. The number of nitrogens with one attached hydrogen (secondary N) is 1. The molecule has 2 rings (SSSR count). The van der Waals surface area contributed by atoms with Crippen LogP contribution in [0.25, 0.3) is 0 Å². The number of amides is 1. The Labute approximate surface area is 115 Å². The van der Waals surface area contributed by atoms with Crippen LogP contribution in [0.3, 0.4) is 0 Å². The molecule has 1 fully saturated rings. The van der Waals surface area contributed by atoms with Gasteiger partial charge in [0.2, 0.25) is 5.91 Å². The van der Waals surface area contributed by atoms with E-state index in [-0.39, 0.29) is 23.4 Å². The first-order valence-electron chi connectivity index (χ1n) is 6.26. The Bertz CT molecular complexity index is 500. The fraction of sp³-hybridized carbons (Fsp3) is 0.583. The van der Waals surface area contributed by atoms with Gasteiger partial charge in [0.25, 0.3) is 0 Å². The third-order valence-electron chi connectivity index (χ3n) is 3.47. The molecule has 0 radical (unpaired) electrons. The number of hydrogen-bond acceptors (Lipinski definition) is 5. The molecule has 1 aromatic heterocycles. The second kappa shape index (κ2) is 5.66. The average molecular weight is 283 g/mol. The van der Waals surface area contributed by atoms with Gasteiger partial charge in [0.15, 0.2) is 0 Å². The van der Waals surface area contributed by atoms with Crippen LogP contribution >= 0.6 is 11.5 Å². The number of aromatic nitrogens is 1. The van der Waals surface area contributed by atoms with Gasteiger partial charge in [0, 0.05) is 6.04 Å². The van der Waals surface area contributed by atoms with Crippen molar-refractivity contribution in [2.75, 3.05) is 5.32 Å². The highest BCUT2D eigenvalue weighted by Gasteiger charge is 2.29. The number of aryl methyl sites for hydroxylation is 1. The summed E-state index contributed by atoms with van der Waals surface area (Å²) in [4.78, 5) is 23.3. The van der Waals surface area contributed by atoms with E-state index in [1.807, 2.05) is 0 Å². The molecule has 104 valence electrons. The maximum atomic E-state index is 12.2. The highest BCUT2D eigenvalue weighted by Crippen LogP contribution is 2.28. The van der Waals surface area contributed by atoms with Crippen molar-refractivity contribution in [3.8, 4) is 0 Å². The van der Waals surface area contributed by atoms with Crippen molar-refractivity contribution in [2.24, 2.45) is 11.7 Å². The van der Waals surface area contributed by atoms with Gasteiger partial charge in [-0.15, -0.1) is 0 Å². The zero-order valence-electron chi connectivity index (χ0n) is 10.7. The van der Waals surface area contributed by atoms with Crippen LogP contribution in [0.15, 0.2) is 0 Å². The molecule has 4 N–H and O–H groups in total. The molecule has 6 nitrogen and oxygen atoms in total. The first-order chi connectivity index (χ1) is 9.00. The number of aromatic carboxylic acids is 1. The minimum Gasteiger partial charge on any atom is -0.478 e. The molecule has 0 saturated heterocycles. The van der Waals surface area contributed by atoms with Crippen LogP contribution in [-0.2, 0) is 4.79 Å². The maximum Gasteiger partial charge on any atom is 0.340 e. The van der Waals surface area contributed by atoms with E-state index in [9.17, 15) is 9.59 Å². The van der Waals surface area contributed by atoms with Crippen molar-refractivity contribution in [1.29, 1.82) is 0 Å². The molecule has 1 heterocycles. The standard InChI is InChI=1S/C12H17N3O3S/c1-6-9(12(17)18)11(19-15-6)14-10(16)7-4-2-3-5-8(7)13/h7-8H,2-5,13H2,1H3,(H,14,16)(H,17,18). The summed E-state index contributed by atoms with van der Waals surface area (Å²) in [6.07, 6.45) is 3.63. The number of carboxylic acid groups (broad SMARTS) is 1. The minimum atomic E-state index is -1.07. The Morgan fingerprint density at radius 1 is 1.42 bits per heavy atom. The number of carbonyl (C=O) groups excluding carboxylic acids is 1. The van der Waals surface area contributed by atoms with Crippen LogP contribution in [0.1, 0.15) is 41.7 Å². The SMILES string of the molecule is Cc1nsc(NC(=O)C2CCCCC2N)c1C(=O)O. The largest absolute Gasteiger partial charge is 0.478 e. The van der Waals surface area contributed by atoms with Crippen molar-refractivity contribution in [3.63, 3.8) is 0 Å². The van der Waals surface area contributed by atoms with Gasteiger partial charge in [-0.05, 0) is 31.3 Å². The van der Waals surface area contributed by atoms with E-state index < -0.39 is 5.97 Å². The molecule has 1 amide bonds. The van der Waals surface area contributed by atoms with E-state index in [2.05, 4.69) is 9.69 Å². The highest BCUT2D eigenvalue weighted by molar-refractivity contribution is 7.11. The van der Waals surface area contributed by atoms with Crippen molar-refractivity contribution in [1.82, 2.24) is 4.37 Å². The van der Waals surface area contributed by atoms with E-state index in [0.29, 0.717) is 10.7 Å². The van der Waals surface area contributed by atoms with E-state index in [0.717, 1.165) is 37.2 Å². The van der Waals surface area contributed by atoms with Crippen molar-refractivity contribution < 1.29 is 14.7 Å². The van der Waals surface area contributed by atoms with E-state index >= 15 is 0 Å². The molecular formula is C12H17N3O3S. The molecule has 19 heavy (non-hydrogen) atoms. The van der Waals surface area contributed by atoms with Gasteiger partial charge >= 0.3 is 5.97 Å². The molecule has 2 atom stereocenters. The van der Waals surface area contributed by atoms with Gasteiger partial charge < -0.3 is 16.2 Å². The lowest BCUT2D eigenvalue weighted by atomic mass is 9.84. The molecule has 0 bridgehead atoms. The quantitative estimate of drug-likeness (QED) is 0.781. The fourth-order valence-electron chi connectivity index (χ4n) is 2.40. The van der Waals surface area contributed by atoms with Crippen LogP contribution in [0.2, 0.25) is 0 Å². The van der Waals surface area contributed by atoms with Gasteiger partial charge in [-0.1, -0.05) is 12.8 Å². The van der Waals surface area contributed by atoms with E-state index in [4.69, 9.17) is 10.8 Å². The molecule has 1 aromatic rings. The fourth-order valence-corrected chi connectivity index (χ4v) is 3.19. The third-order valence-corrected chi connectivity index (χ3v) is 4.32. The molecule has 0 aliphatic heterocycles. The van der Waals surface area contributed by atoms with Gasteiger partial charge in [-0.2, -0.15) is 4.37 Å². The molecular weight excluding hydrogens is 266 g/mol. The van der Waals surface area contributed by atoms with E-state index in [1.54, 1.807) is 6.92 Å². The lowest BCUT2D eigenvalue weighted by Gasteiger charge is -2.27. The smallest absolute Gasteiger partial charge is 0.340 e. The second-order valence-electron chi connectivity index (χ2n) is 4.82. The Kier molecular flexibility index (Phi) is 4.16. The number of rotatable bonds is 3. The van der Waals surface area contributed by atoms with Crippen molar-refractivity contribution in [2.45, 2.75) is 38.6 Å².